The summed E-state index contributed by atoms with van der Waals surface area (Å²) >= 11 is 0. The highest BCUT2D eigenvalue weighted by Crippen LogP contribution is 2.24. The average molecular weight is 452 g/mol. The van der Waals surface area contributed by atoms with Crippen molar-refractivity contribution in [1.29, 1.82) is 0 Å². The van der Waals surface area contributed by atoms with Gasteiger partial charge in [0.2, 0.25) is 11.6 Å². The Hall–Kier alpha value is -3.61. The third kappa shape index (κ3) is 4.82. The summed E-state index contributed by atoms with van der Waals surface area (Å²) in [5.41, 5.74) is 0.339. The van der Waals surface area contributed by atoms with Gasteiger partial charge >= 0.3 is 12.1 Å². The lowest BCUT2D eigenvalue weighted by atomic mass is 10.1. The van der Waals surface area contributed by atoms with Crippen molar-refractivity contribution in [3.8, 4) is 5.75 Å². The largest absolute Gasteiger partial charge is 0.573 e. The van der Waals surface area contributed by atoms with E-state index in [4.69, 9.17) is 4.74 Å². The van der Waals surface area contributed by atoms with Crippen LogP contribution in [0, 0.1) is 0 Å². The first-order valence-electron chi connectivity index (χ1n) is 9.63. The van der Waals surface area contributed by atoms with Crippen LogP contribution in [-0.4, -0.2) is 50.7 Å². The van der Waals surface area contributed by atoms with Crippen LogP contribution in [0.4, 0.5) is 19.0 Å². The number of benzene rings is 1. The van der Waals surface area contributed by atoms with E-state index in [0.29, 0.717) is 24.6 Å². The molecule has 2 N–H and O–H groups in total. The minimum absolute atomic E-state index is 0.0750. The molecule has 0 aliphatic carbocycles. The molecule has 1 fully saturated rings. The summed E-state index contributed by atoms with van der Waals surface area (Å²) in [5.74, 6) is -0.442. The Morgan fingerprint density at radius 2 is 2.03 bits per heavy atom. The number of rotatable bonds is 7. The van der Waals surface area contributed by atoms with Crippen molar-refractivity contribution in [3.05, 3.63) is 52.7 Å². The maximum atomic E-state index is 12.6. The number of nitrogens with zero attached hydrogens (tertiary/aromatic N) is 4. The van der Waals surface area contributed by atoms with Crippen LogP contribution in [0.2, 0.25) is 0 Å². The van der Waals surface area contributed by atoms with E-state index in [2.05, 4.69) is 25.5 Å². The van der Waals surface area contributed by atoms with Gasteiger partial charge in [-0.3, -0.25) is 4.79 Å². The van der Waals surface area contributed by atoms with Gasteiger partial charge in [0, 0.05) is 12.4 Å². The molecule has 10 nitrogen and oxygen atoms in total. The molecule has 1 amide bonds. The van der Waals surface area contributed by atoms with Gasteiger partial charge in [-0.05, 0) is 24.6 Å². The van der Waals surface area contributed by atoms with Gasteiger partial charge in [-0.15, -0.1) is 18.3 Å². The van der Waals surface area contributed by atoms with Gasteiger partial charge in [-0.2, -0.15) is 0 Å². The molecular weight excluding hydrogens is 433 g/mol. The van der Waals surface area contributed by atoms with E-state index in [1.165, 1.54) is 28.9 Å². The fourth-order valence-electron chi connectivity index (χ4n) is 3.13. The fourth-order valence-corrected chi connectivity index (χ4v) is 3.13. The van der Waals surface area contributed by atoms with Crippen LogP contribution in [0.15, 0.2) is 41.5 Å². The van der Waals surface area contributed by atoms with Gasteiger partial charge in [0.15, 0.2) is 5.82 Å². The van der Waals surface area contributed by atoms with Crippen molar-refractivity contribution < 1.29 is 27.4 Å². The Morgan fingerprint density at radius 3 is 2.66 bits per heavy atom. The molecule has 1 aliphatic heterocycles. The molecule has 1 aromatic carbocycles. The minimum atomic E-state index is -4.78. The summed E-state index contributed by atoms with van der Waals surface area (Å²) < 4.78 is 48.0. The predicted octanol–water partition coefficient (Wildman–Crippen LogP) is 1.48. The zero-order valence-electron chi connectivity index (χ0n) is 16.8. The van der Waals surface area contributed by atoms with Crippen LogP contribution in [0.3, 0.4) is 0 Å². The topological polar surface area (TPSA) is 112 Å². The summed E-state index contributed by atoms with van der Waals surface area (Å²) in [6, 6.07) is 4.70. The molecule has 3 heterocycles. The first-order chi connectivity index (χ1) is 15.2. The Balaban J connectivity index is 1.43. The van der Waals surface area contributed by atoms with Crippen molar-refractivity contribution >= 4 is 17.4 Å². The lowest BCUT2D eigenvalue weighted by Crippen LogP contribution is -2.40. The first-order valence-corrected chi connectivity index (χ1v) is 9.63. The lowest BCUT2D eigenvalue weighted by Gasteiger charge is -2.27. The van der Waals surface area contributed by atoms with Crippen LogP contribution in [0.1, 0.15) is 18.5 Å². The zero-order valence-corrected chi connectivity index (χ0v) is 16.8. The van der Waals surface area contributed by atoms with Crippen LogP contribution >= 0.6 is 0 Å². The van der Waals surface area contributed by atoms with Crippen molar-refractivity contribution in [3.63, 3.8) is 0 Å². The maximum absolute atomic E-state index is 12.6. The molecule has 170 valence electrons. The fraction of sp³-hybridized carbons (Fsp3) is 0.368. The molecule has 0 spiro atoms. The monoisotopic (exact) mass is 452 g/mol. The van der Waals surface area contributed by atoms with E-state index in [1.807, 2.05) is 0 Å². The molecular formula is C19H19F3N6O4. The number of ether oxygens (including phenoxy) is 2. The molecule has 13 heteroatoms. The van der Waals surface area contributed by atoms with Gasteiger partial charge in [-0.1, -0.05) is 12.1 Å². The Kier molecular flexibility index (Phi) is 5.74. The number of aromatic nitrogens is 4. The van der Waals surface area contributed by atoms with E-state index in [0.717, 1.165) is 16.8 Å². The van der Waals surface area contributed by atoms with Crippen molar-refractivity contribution in [2.75, 3.05) is 18.5 Å². The van der Waals surface area contributed by atoms with E-state index < -0.39 is 24.0 Å². The second kappa shape index (κ2) is 8.49. The number of alkyl halides is 3. The van der Waals surface area contributed by atoms with E-state index in [-0.39, 0.29) is 24.0 Å². The minimum Gasteiger partial charge on any atom is -0.406 e. The van der Waals surface area contributed by atoms with Crippen LogP contribution in [0.5, 0.6) is 5.75 Å². The Labute approximate surface area is 179 Å². The summed E-state index contributed by atoms with van der Waals surface area (Å²) in [4.78, 5) is 29.2. The van der Waals surface area contributed by atoms with Gasteiger partial charge < -0.3 is 20.1 Å². The molecule has 0 saturated carbocycles. The number of carbonyl (C=O) groups is 1. The normalized spacial score (nSPS) is 15.2. The number of hydrogen-bond donors (Lipinski definition) is 2. The second-order valence-corrected chi connectivity index (χ2v) is 7.19. The predicted molar refractivity (Wildman–Crippen MR) is 105 cm³/mol. The standard InChI is InChI=1S/C19H19F3N6O4/c1-11(12-2-4-14(5-3-12)32-19(20,21)22)24-15(29)8-28-18(30)27-7-6-23-16(17(27)26-28)25-13-9-31-10-13/h2-7,11,13H,8-10H2,1H3,(H,23,25)(H,24,29)/t11-/m0/s1. The van der Waals surface area contributed by atoms with Crippen molar-refractivity contribution in [2.24, 2.45) is 0 Å². The highest BCUT2D eigenvalue weighted by Gasteiger charge is 2.31. The van der Waals surface area contributed by atoms with Crippen molar-refractivity contribution in [1.82, 2.24) is 24.5 Å². The van der Waals surface area contributed by atoms with Crippen LogP contribution in [-0.2, 0) is 16.1 Å². The SMILES string of the molecule is C[C@H](NC(=O)Cn1nc2c(NC3COC3)nccn2c1=O)c1ccc(OC(F)(F)F)cc1. The number of hydrogen-bond acceptors (Lipinski definition) is 7. The highest BCUT2D eigenvalue weighted by atomic mass is 19.4. The lowest BCUT2D eigenvalue weighted by molar-refractivity contribution is -0.274. The smallest absolute Gasteiger partial charge is 0.406 e. The summed E-state index contributed by atoms with van der Waals surface area (Å²) in [5, 5.41) is 10.0. The number of carbonyl (C=O) groups excluding carboxylic acids is 1. The number of nitrogens with one attached hydrogen (secondary N) is 2. The number of amides is 1. The zero-order chi connectivity index (χ0) is 22.9. The molecule has 1 atom stereocenters. The van der Waals surface area contributed by atoms with E-state index >= 15 is 0 Å². The molecule has 32 heavy (non-hydrogen) atoms. The Morgan fingerprint density at radius 1 is 1.31 bits per heavy atom. The molecule has 1 saturated heterocycles. The molecule has 0 bridgehead atoms. The molecule has 0 radical (unpaired) electrons. The van der Waals surface area contributed by atoms with Crippen molar-refractivity contribution in [2.45, 2.75) is 31.9 Å². The number of fused-ring (bicyclic) bond motifs is 1. The molecule has 3 aromatic rings. The molecule has 4 rings (SSSR count). The molecule has 1 aliphatic rings. The maximum Gasteiger partial charge on any atom is 0.573 e. The second-order valence-electron chi connectivity index (χ2n) is 7.19. The average Bonchev–Trinajstić information content (AvgIpc) is 3.00. The van der Waals surface area contributed by atoms with Gasteiger partial charge in [0.1, 0.15) is 12.3 Å². The Bertz CT molecular complexity index is 1170. The van der Waals surface area contributed by atoms with Crippen LogP contribution < -0.4 is 21.1 Å². The summed E-state index contributed by atoms with van der Waals surface area (Å²) in [7, 11) is 0. The van der Waals surface area contributed by atoms with Gasteiger partial charge in [-0.25, -0.2) is 18.9 Å². The van der Waals surface area contributed by atoms with E-state index in [1.54, 1.807) is 6.92 Å². The van der Waals surface area contributed by atoms with Crippen LogP contribution in [0.25, 0.3) is 5.65 Å². The molecule has 2 aromatic heterocycles. The number of halogens is 3. The van der Waals surface area contributed by atoms with E-state index in [9.17, 15) is 22.8 Å². The third-order valence-corrected chi connectivity index (χ3v) is 4.77. The quantitative estimate of drug-likeness (QED) is 0.559. The first kappa shape index (κ1) is 21.6. The number of anilines is 1. The molecule has 0 unspecified atom stereocenters. The summed E-state index contributed by atoms with van der Waals surface area (Å²) in [6.45, 7) is 2.37. The van der Waals surface area contributed by atoms with Gasteiger partial charge in [0.05, 0.1) is 25.3 Å². The summed E-state index contributed by atoms with van der Waals surface area (Å²) in [6.07, 6.45) is -1.87. The van der Waals surface area contributed by atoms with Gasteiger partial charge in [0.25, 0.3) is 0 Å². The third-order valence-electron chi connectivity index (χ3n) is 4.77. The highest BCUT2D eigenvalue weighted by molar-refractivity contribution is 5.76.